The molecule has 1 unspecified atom stereocenters. The first kappa shape index (κ1) is 13.5. The molecule has 0 aromatic heterocycles. The first-order valence-electron chi connectivity index (χ1n) is 5.62. The standard InChI is InChI=1S/C12H19N3O2/c1-9(16)8-14-6-7-15-11-5-3-2-4-10(11)12(13)17/h2-5,9,14-16H,6-8H2,1H3,(H2,13,17). The molecule has 0 saturated carbocycles. The number of carbonyl (C=O) groups is 1. The third-order valence-corrected chi connectivity index (χ3v) is 2.25. The third kappa shape index (κ3) is 4.84. The van der Waals surface area contributed by atoms with Gasteiger partial charge in [-0.25, -0.2) is 0 Å². The summed E-state index contributed by atoms with van der Waals surface area (Å²) in [6.45, 7) is 3.65. The number of carbonyl (C=O) groups excluding carboxylic acids is 1. The Morgan fingerprint density at radius 3 is 2.76 bits per heavy atom. The highest BCUT2D eigenvalue weighted by molar-refractivity contribution is 5.98. The molecule has 1 aromatic rings. The average molecular weight is 237 g/mol. The fourth-order valence-corrected chi connectivity index (χ4v) is 1.45. The lowest BCUT2D eigenvalue weighted by molar-refractivity contribution is 0.100. The molecule has 0 radical (unpaired) electrons. The number of nitrogens with one attached hydrogen (secondary N) is 2. The molecule has 1 atom stereocenters. The molecule has 0 saturated heterocycles. The number of hydrogen-bond acceptors (Lipinski definition) is 4. The quantitative estimate of drug-likeness (QED) is 0.509. The summed E-state index contributed by atoms with van der Waals surface area (Å²) >= 11 is 0. The summed E-state index contributed by atoms with van der Waals surface area (Å²) in [6.07, 6.45) is -0.354. The van der Waals surface area contributed by atoms with Crippen LogP contribution >= 0.6 is 0 Å². The van der Waals surface area contributed by atoms with Crippen LogP contribution in [-0.2, 0) is 0 Å². The number of primary amides is 1. The van der Waals surface area contributed by atoms with E-state index in [2.05, 4.69) is 10.6 Å². The highest BCUT2D eigenvalue weighted by Gasteiger charge is 2.05. The molecule has 0 aliphatic carbocycles. The molecule has 0 aliphatic rings. The Labute approximate surface area is 101 Å². The van der Waals surface area contributed by atoms with E-state index in [0.29, 0.717) is 25.2 Å². The molecule has 5 N–H and O–H groups in total. The Morgan fingerprint density at radius 2 is 2.12 bits per heavy atom. The Kier molecular flexibility index (Phi) is 5.45. The molecule has 94 valence electrons. The Bertz CT molecular complexity index is 367. The van der Waals surface area contributed by atoms with Crippen LogP contribution in [-0.4, -0.2) is 36.8 Å². The first-order valence-corrected chi connectivity index (χ1v) is 5.62. The van der Waals surface area contributed by atoms with Gasteiger partial charge in [0, 0.05) is 25.3 Å². The molecule has 1 aromatic carbocycles. The van der Waals surface area contributed by atoms with Gasteiger partial charge in [0.05, 0.1) is 11.7 Å². The van der Waals surface area contributed by atoms with Gasteiger partial charge in [0.25, 0.3) is 5.91 Å². The summed E-state index contributed by atoms with van der Waals surface area (Å²) in [4.78, 5) is 11.1. The number of benzene rings is 1. The van der Waals surface area contributed by atoms with Crippen LogP contribution in [0.2, 0.25) is 0 Å². The lowest BCUT2D eigenvalue weighted by Crippen LogP contribution is -2.29. The molecule has 0 fully saturated rings. The van der Waals surface area contributed by atoms with Crippen molar-refractivity contribution in [3.8, 4) is 0 Å². The van der Waals surface area contributed by atoms with E-state index in [9.17, 15) is 4.79 Å². The molecule has 5 heteroatoms. The molecule has 1 rings (SSSR count). The van der Waals surface area contributed by atoms with Crippen molar-refractivity contribution in [2.75, 3.05) is 25.0 Å². The van der Waals surface area contributed by atoms with Crippen molar-refractivity contribution >= 4 is 11.6 Å². The summed E-state index contributed by atoms with van der Waals surface area (Å²) in [7, 11) is 0. The van der Waals surface area contributed by atoms with Crippen molar-refractivity contribution in [1.82, 2.24) is 5.32 Å². The summed E-state index contributed by atoms with van der Waals surface area (Å²) < 4.78 is 0. The lowest BCUT2D eigenvalue weighted by Gasteiger charge is -2.11. The SMILES string of the molecule is CC(O)CNCCNc1ccccc1C(N)=O. The minimum atomic E-state index is -0.440. The molecule has 0 aliphatic heterocycles. The molecule has 0 heterocycles. The van der Waals surface area contributed by atoms with Crippen molar-refractivity contribution in [1.29, 1.82) is 0 Å². The van der Waals surface area contributed by atoms with Crippen LogP contribution in [0, 0.1) is 0 Å². The number of para-hydroxylation sites is 1. The number of aliphatic hydroxyl groups is 1. The predicted octanol–water partition coefficient (Wildman–Crippen LogP) is 0.168. The van der Waals surface area contributed by atoms with E-state index in [0.717, 1.165) is 5.69 Å². The van der Waals surface area contributed by atoms with Gasteiger partial charge in [0.2, 0.25) is 0 Å². The zero-order valence-corrected chi connectivity index (χ0v) is 9.94. The van der Waals surface area contributed by atoms with Gasteiger partial charge in [-0.2, -0.15) is 0 Å². The van der Waals surface area contributed by atoms with Gasteiger partial charge in [-0.05, 0) is 19.1 Å². The minimum absolute atomic E-state index is 0.354. The van der Waals surface area contributed by atoms with E-state index in [4.69, 9.17) is 10.8 Å². The van der Waals surface area contributed by atoms with Gasteiger partial charge >= 0.3 is 0 Å². The summed E-state index contributed by atoms with van der Waals surface area (Å²) in [5.74, 6) is -0.440. The zero-order chi connectivity index (χ0) is 12.7. The van der Waals surface area contributed by atoms with Crippen molar-refractivity contribution in [2.24, 2.45) is 5.73 Å². The van der Waals surface area contributed by atoms with Gasteiger partial charge in [-0.3, -0.25) is 4.79 Å². The number of anilines is 1. The molecule has 0 bridgehead atoms. The predicted molar refractivity (Wildman–Crippen MR) is 68.0 cm³/mol. The maximum atomic E-state index is 11.1. The number of aliphatic hydroxyl groups excluding tert-OH is 1. The summed E-state index contributed by atoms with van der Waals surface area (Å²) in [6, 6.07) is 7.12. The molecule has 5 nitrogen and oxygen atoms in total. The Balaban J connectivity index is 2.39. The van der Waals surface area contributed by atoms with Crippen molar-refractivity contribution < 1.29 is 9.90 Å². The van der Waals surface area contributed by atoms with E-state index >= 15 is 0 Å². The van der Waals surface area contributed by atoms with Gasteiger partial charge in [-0.15, -0.1) is 0 Å². The molecule has 1 amide bonds. The summed E-state index contributed by atoms with van der Waals surface area (Å²) in [5.41, 5.74) is 6.48. The van der Waals surface area contributed by atoms with Gasteiger partial charge in [0.15, 0.2) is 0 Å². The smallest absolute Gasteiger partial charge is 0.250 e. The van der Waals surface area contributed by atoms with E-state index in [-0.39, 0.29) is 6.10 Å². The van der Waals surface area contributed by atoms with Crippen LogP contribution in [0.1, 0.15) is 17.3 Å². The second-order valence-corrected chi connectivity index (χ2v) is 3.89. The zero-order valence-electron chi connectivity index (χ0n) is 9.94. The molecular weight excluding hydrogens is 218 g/mol. The minimum Gasteiger partial charge on any atom is -0.392 e. The van der Waals surface area contributed by atoms with Crippen LogP contribution < -0.4 is 16.4 Å². The fraction of sp³-hybridized carbons (Fsp3) is 0.417. The van der Waals surface area contributed by atoms with Gasteiger partial charge in [0.1, 0.15) is 0 Å². The van der Waals surface area contributed by atoms with Crippen molar-refractivity contribution in [3.63, 3.8) is 0 Å². The van der Waals surface area contributed by atoms with Crippen LogP contribution in [0.5, 0.6) is 0 Å². The highest BCUT2D eigenvalue weighted by Crippen LogP contribution is 2.13. The molecule has 17 heavy (non-hydrogen) atoms. The van der Waals surface area contributed by atoms with Crippen LogP contribution in [0.3, 0.4) is 0 Å². The van der Waals surface area contributed by atoms with E-state index in [1.807, 2.05) is 12.1 Å². The van der Waals surface area contributed by atoms with E-state index in [1.54, 1.807) is 19.1 Å². The maximum absolute atomic E-state index is 11.1. The number of nitrogens with two attached hydrogens (primary N) is 1. The maximum Gasteiger partial charge on any atom is 0.250 e. The average Bonchev–Trinajstić information content (AvgIpc) is 2.28. The molecule has 0 spiro atoms. The Hall–Kier alpha value is -1.59. The highest BCUT2D eigenvalue weighted by atomic mass is 16.3. The third-order valence-electron chi connectivity index (χ3n) is 2.25. The second-order valence-electron chi connectivity index (χ2n) is 3.89. The largest absolute Gasteiger partial charge is 0.392 e. The van der Waals surface area contributed by atoms with Crippen LogP contribution in [0.4, 0.5) is 5.69 Å². The number of hydrogen-bond donors (Lipinski definition) is 4. The van der Waals surface area contributed by atoms with Crippen LogP contribution in [0.25, 0.3) is 0 Å². The van der Waals surface area contributed by atoms with Crippen molar-refractivity contribution in [2.45, 2.75) is 13.0 Å². The summed E-state index contributed by atoms with van der Waals surface area (Å²) in [5, 5.41) is 15.2. The van der Waals surface area contributed by atoms with Gasteiger partial charge in [-0.1, -0.05) is 12.1 Å². The fourth-order valence-electron chi connectivity index (χ4n) is 1.45. The van der Waals surface area contributed by atoms with Crippen molar-refractivity contribution in [3.05, 3.63) is 29.8 Å². The van der Waals surface area contributed by atoms with E-state index < -0.39 is 5.91 Å². The number of rotatable bonds is 7. The molecular formula is C12H19N3O2. The van der Waals surface area contributed by atoms with Gasteiger partial charge < -0.3 is 21.5 Å². The van der Waals surface area contributed by atoms with E-state index in [1.165, 1.54) is 0 Å². The number of amides is 1. The monoisotopic (exact) mass is 237 g/mol. The first-order chi connectivity index (χ1) is 8.11. The lowest BCUT2D eigenvalue weighted by atomic mass is 10.1. The van der Waals surface area contributed by atoms with Crippen LogP contribution in [0.15, 0.2) is 24.3 Å². The Morgan fingerprint density at radius 1 is 1.41 bits per heavy atom. The topological polar surface area (TPSA) is 87.4 Å². The second kappa shape index (κ2) is 6.88. The normalized spacial score (nSPS) is 12.1.